The molecule has 1 amide bonds. The number of aromatic nitrogens is 2. The Morgan fingerprint density at radius 1 is 1.03 bits per heavy atom. The van der Waals surface area contributed by atoms with Crippen LogP contribution in [-0.2, 0) is 21.2 Å². The summed E-state index contributed by atoms with van der Waals surface area (Å²) in [6.07, 6.45) is 2.05. The number of anilines is 2. The Hall–Kier alpha value is -3.02. The van der Waals surface area contributed by atoms with Crippen LogP contribution < -0.4 is 9.62 Å². The number of nitrogens with one attached hydrogen (secondary N) is 1. The van der Waals surface area contributed by atoms with E-state index in [9.17, 15) is 13.2 Å². The maximum absolute atomic E-state index is 12.8. The molecular weight excluding hydrogens is 478 g/mol. The van der Waals surface area contributed by atoms with Gasteiger partial charge in [0.15, 0.2) is 5.13 Å². The van der Waals surface area contributed by atoms with Gasteiger partial charge in [-0.05, 0) is 41.3 Å². The summed E-state index contributed by atoms with van der Waals surface area (Å²) in [6, 6.07) is 14.1. The average Bonchev–Trinajstić information content (AvgIpc) is 3.51. The molecule has 4 aromatic rings. The van der Waals surface area contributed by atoms with Gasteiger partial charge in [0.05, 0.1) is 6.42 Å². The van der Waals surface area contributed by atoms with Crippen molar-refractivity contribution in [3.8, 4) is 0 Å². The Kier molecular flexibility index (Phi) is 6.00. The molecule has 0 radical (unpaired) electrons. The van der Waals surface area contributed by atoms with E-state index in [1.807, 2.05) is 17.0 Å². The van der Waals surface area contributed by atoms with Crippen molar-refractivity contribution in [3.63, 3.8) is 0 Å². The molecule has 4 heterocycles. The fourth-order valence-corrected chi connectivity index (χ4v) is 6.65. The highest BCUT2D eigenvalue weighted by Gasteiger charge is 2.23. The lowest BCUT2D eigenvalue weighted by Gasteiger charge is -2.34. The highest BCUT2D eigenvalue weighted by molar-refractivity contribution is 7.94. The minimum Gasteiger partial charge on any atom is -0.344 e. The quantitative estimate of drug-likeness (QED) is 0.437. The molecule has 8 nitrogen and oxygen atoms in total. The number of pyridine rings is 1. The molecule has 0 spiro atoms. The molecule has 0 atom stereocenters. The summed E-state index contributed by atoms with van der Waals surface area (Å²) in [7, 11) is -3.58. The van der Waals surface area contributed by atoms with Gasteiger partial charge in [0.1, 0.15) is 14.6 Å². The molecule has 1 aliphatic rings. The predicted molar refractivity (Wildman–Crippen MR) is 131 cm³/mol. The number of thiophene rings is 1. The van der Waals surface area contributed by atoms with Crippen molar-refractivity contribution in [1.29, 1.82) is 0 Å². The molecule has 0 bridgehead atoms. The van der Waals surface area contributed by atoms with Crippen molar-refractivity contribution in [2.45, 2.75) is 10.6 Å². The molecular formula is C22H21N5O3S3. The first-order chi connectivity index (χ1) is 16.0. The van der Waals surface area contributed by atoms with Crippen LogP contribution in [0.4, 0.5) is 10.8 Å². The smallest absolute Gasteiger partial charge is 0.271 e. The highest BCUT2D eigenvalue weighted by atomic mass is 32.2. The van der Waals surface area contributed by atoms with Crippen molar-refractivity contribution in [1.82, 2.24) is 14.9 Å². The molecule has 1 saturated heterocycles. The van der Waals surface area contributed by atoms with E-state index in [1.54, 1.807) is 59.3 Å². The van der Waals surface area contributed by atoms with Crippen LogP contribution in [0.5, 0.6) is 0 Å². The van der Waals surface area contributed by atoms with E-state index in [-0.39, 0.29) is 16.5 Å². The number of thiazole rings is 1. The summed E-state index contributed by atoms with van der Waals surface area (Å²) in [5, 5.41) is 2.66. The van der Waals surface area contributed by atoms with E-state index in [2.05, 4.69) is 19.6 Å². The zero-order valence-corrected chi connectivity index (χ0v) is 20.0. The molecule has 1 fully saturated rings. The number of sulfonamides is 1. The number of fused-ring (bicyclic) bond motifs is 1. The first kappa shape index (κ1) is 21.8. The van der Waals surface area contributed by atoms with Crippen LogP contribution in [0, 0.1) is 0 Å². The van der Waals surface area contributed by atoms with Crippen LogP contribution in [0.2, 0.25) is 0 Å². The summed E-state index contributed by atoms with van der Waals surface area (Å²) < 4.78 is 27.5. The lowest BCUT2D eigenvalue weighted by atomic mass is 10.1. The Labute approximate surface area is 199 Å². The molecule has 1 N–H and O–H groups in total. The van der Waals surface area contributed by atoms with Crippen LogP contribution in [0.15, 0.2) is 64.3 Å². The van der Waals surface area contributed by atoms with Crippen molar-refractivity contribution < 1.29 is 13.2 Å². The fourth-order valence-electron chi connectivity index (χ4n) is 3.64. The summed E-state index contributed by atoms with van der Waals surface area (Å²) in [5.41, 5.74) is 2.22. The van der Waals surface area contributed by atoms with E-state index in [4.69, 9.17) is 0 Å². The second kappa shape index (κ2) is 9.08. The molecule has 1 aliphatic heterocycles. The Balaban J connectivity index is 1.16. The normalized spacial score (nSPS) is 14.5. The second-order valence-corrected chi connectivity index (χ2v) is 11.4. The summed E-state index contributed by atoms with van der Waals surface area (Å²) in [6.45, 7) is 2.74. The Bertz CT molecular complexity index is 1330. The second-order valence-electron chi connectivity index (χ2n) is 7.60. The van der Waals surface area contributed by atoms with E-state index in [1.165, 1.54) is 11.3 Å². The van der Waals surface area contributed by atoms with Crippen LogP contribution in [0.1, 0.15) is 5.56 Å². The third-order valence-electron chi connectivity index (χ3n) is 5.38. The van der Waals surface area contributed by atoms with Gasteiger partial charge >= 0.3 is 0 Å². The van der Waals surface area contributed by atoms with Gasteiger partial charge in [-0.25, -0.2) is 18.4 Å². The standard InChI is InChI=1S/C22H21N5O3S3/c28-19(15-16-5-7-17(8-6-16)25-33(29,30)20-4-2-14-31-20)26-10-12-27(13-11-26)22-24-18-3-1-9-23-21(18)32-22/h1-9,14,25H,10-13,15H2. The highest BCUT2D eigenvalue weighted by Crippen LogP contribution is 2.28. The maximum atomic E-state index is 12.8. The average molecular weight is 500 g/mol. The third-order valence-corrected chi connectivity index (χ3v) is 9.20. The number of piperazine rings is 1. The topological polar surface area (TPSA) is 95.5 Å². The number of hydrogen-bond donors (Lipinski definition) is 1. The molecule has 170 valence electrons. The molecule has 5 rings (SSSR count). The molecule has 11 heteroatoms. The summed E-state index contributed by atoms with van der Waals surface area (Å²) >= 11 is 2.74. The number of carbonyl (C=O) groups excluding carboxylic acids is 1. The van der Waals surface area contributed by atoms with Gasteiger partial charge in [0, 0.05) is 38.1 Å². The molecule has 0 unspecified atom stereocenters. The van der Waals surface area contributed by atoms with Gasteiger partial charge < -0.3 is 9.80 Å². The minimum absolute atomic E-state index is 0.0625. The van der Waals surface area contributed by atoms with Gasteiger partial charge in [-0.2, -0.15) is 0 Å². The van der Waals surface area contributed by atoms with E-state index in [0.29, 0.717) is 18.8 Å². The van der Waals surface area contributed by atoms with Crippen molar-refractivity contribution >= 4 is 59.8 Å². The lowest BCUT2D eigenvalue weighted by molar-refractivity contribution is -0.130. The van der Waals surface area contributed by atoms with Crippen LogP contribution in [0.3, 0.4) is 0 Å². The predicted octanol–water partition coefficient (Wildman–Crippen LogP) is 3.44. The third kappa shape index (κ3) is 4.85. The first-order valence-corrected chi connectivity index (χ1v) is 13.6. The zero-order chi connectivity index (χ0) is 22.8. The van der Waals surface area contributed by atoms with E-state index >= 15 is 0 Å². The number of nitrogens with zero attached hydrogens (tertiary/aromatic N) is 4. The van der Waals surface area contributed by atoms with Gasteiger partial charge in [0.2, 0.25) is 5.91 Å². The van der Waals surface area contributed by atoms with Crippen LogP contribution in [-0.4, -0.2) is 55.4 Å². The monoisotopic (exact) mass is 499 g/mol. The van der Waals surface area contributed by atoms with Gasteiger partial charge in [-0.1, -0.05) is 29.5 Å². The lowest BCUT2D eigenvalue weighted by Crippen LogP contribution is -2.49. The van der Waals surface area contributed by atoms with E-state index < -0.39 is 10.0 Å². The SMILES string of the molecule is O=C(Cc1ccc(NS(=O)(=O)c2cccs2)cc1)N1CCN(c2nc3cccnc3s2)CC1. The molecule has 1 aromatic carbocycles. The van der Waals surface area contributed by atoms with Gasteiger partial charge in [-0.3, -0.25) is 9.52 Å². The molecule has 0 saturated carbocycles. The number of amides is 1. The molecule has 3 aromatic heterocycles. The number of rotatable bonds is 6. The van der Waals surface area contributed by atoms with Crippen molar-refractivity contribution in [2.75, 3.05) is 35.8 Å². The van der Waals surface area contributed by atoms with Crippen LogP contribution >= 0.6 is 22.7 Å². The maximum Gasteiger partial charge on any atom is 0.271 e. The van der Waals surface area contributed by atoms with E-state index in [0.717, 1.165) is 34.1 Å². The summed E-state index contributed by atoms with van der Waals surface area (Å²) in [4.78, 5) is 26.8. The first-order valence-electron chi connectivity index (χ1n) is 10.4. The van der Waals surface area contributed by atoms with Crippen LogP contribution in [0.25, 0.3) is 10.3 Å². The molecule has 33 heavy (non-hydrogen) atoms. The zero-order valence-electron chi connectivity index (χ0n) is 17.5. The summed E-state index contributed by atoms with van der Waals surface area (Å²) in [5.74, 6) is 0.0625. The largest absolute Gasteiger partial charge is 0.344 e. The number of benzene rings is 1. The fraction of sp³-hybridized carbons (Fsp3) is 0.227. The Morgan fingerprint density at radius 3 is 2.52 bits per heavy atom. The van der Waals surface area contributed by atoms with Crippen molar-refractivity contribution in [3.05, 3.63) is 65.7 Å². The van der Waals surface area contributed by atoms with Gasteiger partial charge in [-0.15, -0.1) is 11.3 Å². The number of hydrogen-bond acceptors (Lipinski definition) is 8. The Morgan fingerprint density at radius 2 is 1.82 bits per heavy atom. The number of carbonyl (C=O) groups is 1. The molecule has 0 aliphatic carbocycles. The minimum atomic E-state index is -3.58. The van der Waals surface area contributed by atoms with Crippen molar-refractivity contribution in [2.24, 2.45) is 0 Å². The van der Waals surface area contributed by atoms with Gasteiger partial charge in [0.25, 0.3) is 10.0 Å².